The van der Waals surface area contributed by atoms with Crippen molar-refractivity contribution in [3.05, 3.63) is 28.5 Å². The largest absolute Gasteiger partial charge is 0.394 e. The van der Waals surface area contributed by atoms with Gasteiger partial charge in [0.25, 0.3) is 5.91 Å². The van der Waals surface area contributed by atoms with Gasteiger partial charge in [-0.2, -0.15) is 0 Å². The first-order valence-corrected chi connectivity index (χ1v) is 5.61. The average Bonchev–Trinajstić information content (AvgIpc) is 2.29. The maximum absolute atomic E-state index is 11.5. The Kier molecular flexibility index (Phi) is 5.99. The molecule has 0 aliphatic carbocycles. The molecule has 2 N–H and O–H groups in total. The molecule has 5 nitrogen and oxygen atoms in total. The lowest BCUT2D eigenvalue weighted by atomic mass is 10.3. The highest BCUT2D eigenvalue weighted by molar-refractivity contribution is 9.10. The number of carbonyl (C=O) groups excluding carboxylic acids is 1. The molecular weight excluding hydrogens is 276 g/mol. The van der Waals surface area contributed by atoms with Crippen molar-refractivity contribution in [3.63, 3.8) is 0 Å². The molecule has 0 saturated heterocycles. The minimum Gasteiger partial charge on any atom is -0.394 e. The van der Waals surface area contributed by atoms with Gasteiger partial charge < -0.3 is 15.2 Å². The molecule has 1 aromatic rings. The van der Waals surface area contributed by atoms with E-state index in [9.17, 15) is 4.79 Å². The van der Waals surface area contributed by atoms with E-state index >= 15 is 0 Å². The lowest BCUT2D eigenvalue weighted by Crippen LogP contribution is -2.28. The van der Waals surface area contributed by atoms with Gasteiger partial charge in [0.1, 0.15) is 5.69 Å². The molecule has 0 aromatic carbocycles. The fraction of sp³-hybridized carbons (Fsp3) is 0.400. The zero-order valence-corrected chi connectivity index (χ0v) is 10.2. The number of rotatable bonds is 6. The first-order valence-electron chi connectivity index (χ1n) is 4.82. The van der Waals surface area contributed by atoms with Crippen LogP contribution in [0.1, 0.15) is 10.5 Å². The summed E-state index contributed by atoms with van der Waals surface area (Å²) in [6.07, 6.45) is 1.57. The topological polar surface area (TPSA) is 71.5 Å². The van der Waals surface area contributed by atoms with Gasteiger partial charge in [-0.3, -0.25) is 4.79 Å². The maximum atomic E-state index is 11.5. The summed E-state index contributed by atoms with van der Waals surface area (Å²) in [5, 5.41) is 11.1. The Morgan fingerprint density at radius 3 is 2.94 bits per heavy atom. The van der Waals surface area contributed by atoms with Gasteiger partial charge in [-0.25, -0.2) is 4.98 Å². The van der Waals surface area contributed by atoms with Crippen LogP contribution in [0.5, 0.6) is 0 Å². The zero-order valence-electron chi connectivity index (χ0n) is 8.65. The summed E-state index contributed by atoms with van der Waals surface area (Å²) >= 11 is 3.24. The summed E-state index contributed by atoms with van der Waals surface area (Å²) in [7, 11) is 0. The Morgan fingerprint density at radius 1 is 1.50 bits per heavy atom. The number of aliphatic hydroxyl groups is 1. The van der Waals surface area contributed by atoms with Gasteiger partial charge in [0.2, 0.25) is 0 Å². The van der Waals surface area contributed by atoms with E-state index in [-0.39, 0.29) is 19.1 Å². The number of pyridine rings is 1. The van der Waals surface area contributed by atoms with Crippen LogP contribution in [0.25, 0.3) is 0 Å². The first-order chi connectivity index (χ1) is 7.74. The molecule has 0 aliphatic rings. The van der Waals surface area contributed by atoms with E-state index in [4.69, 9.17) is 9.84 Å². The minimum atomic E-state index is -0.236. The van der Waals surface area contributed by atoms with E-state index in [2.05, 4.69) is 26.2 Å². The van der Waals surface area contributed by atoms with Crippen molar-refractivity contribution in [3.8, 4) is 0 Å². The Hall–Kier alpha value is -0.980. The van der Waals surface area contributed by atoms with Crippen molar-refractivity contribution >= 4 is 21.8 Å². The van der Waals surface area contributed by atoms with Gasteiger partial charge in [-0.15, -0.1) is 0 Å². The first kappa shape index (κ1) is 13.1. The van der Waals surface area contributed by atoms with Crippen LogP contribution in [0.3, 0.4) is 0 Å². The number of nitrogens with one attached hydrogen (secondary N) is 1. The van der Waals surface area contributed by atoms with Crippen LogP contribution in [0.15, 0.2) is 22.8 Å². The molecule has 0 saturated carbocycles. The Balaban J connectivity index is 2.27. The van der Waals surface area contributed by atoms with Gasteiger partial charge >= 0.3 is 0 Å². The number of ether oxygens (including phenoxy) is 1. The molecule has 1 amide bonds. The van der Waals surface area contributed by atoms with Crippen molar-refractivity contribution < 1.29 is 14.6 Å². The van der Waals surface area contributed by atoms with Crippen LogP contribution < -0.4 is 5.32 Å². The predicted octanol–water partition coefficient (Wildman–Crippen LogP) is 0.583. The maximum Gasteiger partial charge on any atom is 0.269 e. The van der Waals surface area contributed by atoms with Gasteiger partial charge in [0.05, 0.1) is 19.8 Å². The van der Waals surface area contributed by atoms with Crippen molar-refractivity contribution in [2.45, 2.75) is 0 Å². The minimum absolute atomic E-state index is 0.0117. The van der Waals surface area contributed by atoms with Gasteiger partial charge in [0.15, 0.2) is 0 Å². The van der Waals surface area contributed by atoms with E-state index in [1.807, 2.05) is 0 Å². The van der Waals surface area contributed by atoms with E-state index in [0.717, 1.165) is 4.47 Å². The molecule has 1 rings (SSSR count). The third-order valence-electron chi connectivity index (χ3n) is 1.73. The van der Waals surface area contributed by atoms with E-state index < -0.39 is 0 Å². The van der Waals surface area contributed by atoms with Crippen molar-refractivity contribution in [2.24, 2.45) is 0 Å². The van der Waals surface area contributed by atoms with E-state index in [0.29, 0.717) is 18.8 Å². The molecule has 6 heteroatoms. The second-order valence-corrected chi connectivity index (χ2v) is 3.87. The van der Waals surface area contributed by atoms with E-state index in [1.165, 1.54) is 0 Å². The number of halogens is 1. The molecule has 0 aliphatic heterocycles. The summed E-state index contributed by atoms with van der Waals surface area (Å²) in [5.74, 6) is -0.236. The van der Waals surface area contributed by atoms with E-state index in [1.54, 1.807) is 18.3 Å². The number of carbonyl (C=O) groups is 1. The smallest absolute Gasteiger partial charge is 0.269 e. The molecule has 88 valence electrons. The van der Waals surface area contributed by atoms with Gasteiger partial charge in [-0.05, 0) is 28.1 Å². The Labute approximate surface area is 102 Å². The van der Waals surface area contributed by atoms with Crippen LogP contribution in [-0.4, -0.2) is 42.4 Å². The molecule has 0 unspecified atom stereocenters. The van der Waals surface area contributed by atoms with Crippen LogP contribution in [-0.2, 0) is 4.74 Å². The summed E-state index contributed by atoms with van der Waals surface area (Å²) < 4.78 is 5.82. The quantitative estimate of drug-likeness (QED) is 0.752. The zero-order chi connectivity index (χ0) is 11.8. The molecule has 0 radical (unpaired) electrons. The highest BCUT2D eigenvalue weighted by Gasteiger charge is 2.05. The van der Waals surface area contributed by atoms with Crippen LogP contribution >= 0.6 is 15.9 Å². The van der Waals surface area contributed by atoms with Gasteiger partial charge in [-0.1, -0.05) is 0 Å². The number of hydrogen-bond acceptors (Lipinski definition) is 4. The molecule has 0 fully saturated rings. The molecule has 1 heterocycles. The summed E-state index contributed by atoms with van der Waals surface area (Å²) in [6.45, 7) is 1.05. The third-order valence-corrected chi connectivity index (χ3v) is 2.20. The Bertz CT molecular complexity index is 329. The number of amides is 1. The molecule has 1 aromatic heterocycles. The van der Waals surface area contributed by atoms with Gasteiger partial charge in [0, 0.05) is 17.2 Å². The lowest BCUT2D eigenvalue weighted by molar-refractivity contribution is 0.0835. The predicted molar refractivity (Wildman–Crippen MR) is 62.2 cm³/mol. The molecule has 0 spiro atoms. The number of nitrogens with zero attached hydrogens (tertiary/aromatic N) is 1. The molecule has 0 bridgehead atoms. The summed E-state index contributed by atoms with van der Waals surface area (Å²) in [5.41, 5.74) is 0.366. The number of aromatic nitrogens is 1. The van der Waals surface area contributed by atoms with Crippen molar-refractivity contribution in [1.82, 2.24) is 10.3 Å². The highest BCUT2D eigenvalue weighted by Crippen LogP contribution is 2.06. The fourth-order valence-corrected chi connectivity index (χ4v) is 1.24. The SMILES string of the molecule is O=C(NCCOCCO)c1ccc(Br)cn1. The number of hydrogen-bond donors (Lipinski definition) is 2. The van der Waals surface area contributed by atoms with Crippen LogP contribution in [0.2, 0.25) is 0 Å². The number of aliphatic hydroxyl groups excluding tert-OH is 1. The monoisotopic (exact) mass is 288 g/mol. The second kappa shape index (κ2) is 7.32. The molecule has 0 atom stereocenters. The second-order valence-electron chi connectivity index (χ2n) is 2.95. The molecular formula is C10H13BrN2O3. The van der Waals surface area contributed by atoms with Crippen molar-refractivity contribution in [2.75, 3.05) is 26.4 Å². The average molecular weight is 289 g/mol. The normalized spacial score (nSPS) is 10.1. The fourth-order valence-electron chi connectivity index (χ4n) is 1.00. The summed E-state index contributed by atoms with van der Waals surface area (Å²) in [4.78, 5) is 15.4. The summed E-state index contributed by atoms with van der Waals surface area (Å²) in [6, 6.07) is 3.39. The third kappa shape index (κ3) is 4.69. The molecule has 16 heavy (non-hydrogen) atoms. The van der Waals surface area contributed by atoms with Crippen LogP contribution in [0.4, 0.5) is 0 Å². The highest BCUT2D eigenvalue weighted by atomic mass is 79.9. The standard InChI is InChI=1S/C10H13BrN2O3/c11-8-1-2-9(13-7-8)10(15)12-3-5-16-6-4-14/h1-2,7,14H,3-6H2,(H,12,15). The lowest BCUT2D eigenvalue weighted by Gasteiger charge is -2.04. The Morgan fingerprint density at radius 2 is 2.31 bits per heavy atom. The van der Waals surface area contributed by atoms with Crippen LogP contribution in [0, 0.1) is 0 Å². The van der Waals surface area contributed by atoms with Crippen molar-refractivity contribution in [1.29, 1.82) is 0 Å².